The molecule has 0 amide bonds. The minimum Gasteiger partial charge on any atom is -0.329 e. The van der Waals surface area contributed by atoms with Crippen LogP contribution in [0.4, 0.5) is 17.6 Å². The Bertz CT molecular complexity index is 882. The van der Waals surface area contributed by atoms with Gasteiger partial charge in [0.05, 0.1) is 12.2 Å². The molecule has 0 aliphatic carbocycles. The molecule has 1 aromatic carbocycles. The van der Waals surface area contributed by atoms with E-state index in [0.29, 0.717) is 5.56 Å². The summed E-state index contributed by atoms with van der Waals surface area (Å²) in [6.45, 7) is 3.90. The molecule has 126 valence electrons. The molecular formula is C15H12F4N4O. The molecule has 0 bridgehead atoms. The van der Waals surface area contributed by atoms with Crippen molar-refractivity contribution in [3.8, 4) is 11.4 Å². The second-order valence-electron chi connectivity index (χ2n) is 5.31. The topological polar surface area (TPSA) is 56.7 Å². The maximum atomic E-state index is 14.3. The molecule has 0 spiro atoms. The van der Waals surface area contributed by atoms with Crippen molar-refractivity contribution in [3.63, 3.8) is 0 Å². The Morgan fingerprint density at radius 2 is 1.92 bits per heavy atom. The van der Waals surface area contributed by atoms with E-state index in [0.717, 1.165) is 17.5 Å². The summed E-state index contributed by atoms with van der Waals surface area (Å²) in [7, 11) is 0. The second kappa shape index (κ2) is 5.73. The van der Waals surface area contributed by atoms with E-state index >= 15 is 0 Å². The van der Waals surface area contributed by atoms with E-state index in [9.17, 15) is 17.6 Å². The van der Waals surface area contributed by atoms with Gasteiger partial charge in [-0.3, -0.25) is 4.68 Å². The highest BCUT2D eigenvalue weighted by molar-refractivity contribution is 5.55. The number of alkyl halides is 3. The molecule has 0 atom stereocenters. The molecule has 0 saturated heterocycles. The third-order valence-corrected chi connectivity index (χ3v) is 3.40. The first-order valence-corrected chi connectivity index (χ1v) is 6.95. The van der Waals surface area contributed by atoms with Gasteiger partial charge in [0, 0.05) is 16.8 Å². The van der Waals surface area contributed by atoms with Gasteiger partial charge < -0.3 is 4.52 Å². The molecule has 2 aromatic heterocycles. The van der Waals surface area contributed by atoms with Crippen molar-refractivity contribution in [2.75, 3.05) is 0 Å². The molecule has 0 aliphatic rings. The molecule has 0 N–H and O–H groups in total. The van der Waals surface area contributed by atoms with Gasteiger partial charge >= 0.3 is 12.1 Å². The highest BCUT2D eigenvalue weighted by Gasteiger charge is 2.38. The van der Waals surface area contributed by atoms with Crippen LogP contribution in [0.3, 0.4) is 0 Å². The van der Waals surface area contributed by atoms with Gasteiger partial charge in [0.25, 0.3) is 0 Å². The third-order valence-electron chi connectivity index (χ3n) is 3.40. The second-order valence-corrected chi connectivity index (χ2v) is 5.31. The largest absolute Gasteiger partial charge is 0.471 e. The molecule has 5 nitrogen and oxygen atoms in total. The van der Waals surface area contributed by atoms with Crippen molar-refractivity contribution < 1.29 is 22.1 Å². The number of hydrogen-bond acceptors (Lipinski definition) is 4. The van der Waals surface area contributed by atoms with Gasteiger partial charge in [-0.25, -0.2) is 4.39 Å². The summed E-state index contributed by atoms with van der Waals surface area (Å²) in [5.41, 5.74) is 2.15. The van der Waals surface area contributed by atoms with E-state index in [1.54, 1.807) is 4.68 Å². The van der Waals surface area contributed by atoms with Crippen LogP contribution in [0.5, 0.6) is 0 Å². The molecule has 2 heterocycles. The predicted molar refractivity (Wildman–Crippen MR) is 75.5 cm³/mol. The summed E-state index contributed by atoms with van der Waals surface area (Å²) < 4.78 is 57.4. The van der Waals surface area contributed by atoms with Crippen LogP contribution in [0, 0.1) is 19.7 Å². The smallest absolute Gasteiger partial charge is 0.329 e. The van der Waals surface area contributed by atoms with E-state index in [1.165, 1.54) is 12.1 Å². The van der Waals surface area contributed by atoms with Crippen LogP contribution >= 0.6 is 0 Å². The van der Waals surface area contributed by atoms with Crippen LogP contribution in [0.25, 0.3) is 11.4 Å². The van der Waals surface area contributed by atoms with Crippen LogP contribution in [0.15, 0.2) is 28.8 Å². The van der Waals surface area contributed by atoms with Gasteiger partial charge in [-0.1, -0.05) is 17.3 Å². The van der Waals surface area contributed by atoms with Crippen LogP contribution in [0.2, 0.25) is 0 Å². The minimum absolute atomic E-state index is 0.101. The average molecular weight is 340 g/mol. The van der Waals surface area contributed by atoms with E-state index in [1.807, 2.05) is 19.9 Å². The van der Waals surface area contributed by atoms with Gasteiger partial charge in [0.1, 0.15) is 5.82 Å². The Labute approximate surface area is 133 Å². The monoisotopic (exact) mass is 340 g/mol. The lowest BCUT2D eigenvalue weighted by Gasteiger charge is -2.07. The Balaban J connectivity index is 1.87. The molecule has 0 saturated carbocycles. The molecule has 3 rings (SSSR count). The number of benzene rings is 1. The van der Waals surface area contributed by atoms with E-state index in [-0.39, 0.29) is 17.9 Å². The lowest BCUT2D eigenvalue weighted by molar-refractivity contribution is -0.159. The summed E-state index contributed by atoms with van der Waals surface area (Å²) in [5, 5.41) is 7.48. The van der Waals surface area contributed by atoms with Crippen molar-refractivity contribution in [1.29, 1.82) is 0 Å². The number of rotatable bonds is 3. The first kappa shape index (κ1) is 16.2. The van der Waals surface area contributed by atoms with Gasteiger partial charge in [-0.2, -0.15) is 23.3 Å². The van der Waals surface area contributed by atoms with Crippen LogP contribution in [-0.2, 0) is 12.7 Å². The fourth-order valence-corrected chi connectivity index (χ4v) is 2.27. The SMILES string of the molecule is Cc1cc(C)n(Cc2ccc(-c3noc(C(F)(F)F)n3)cc2F)n1. The van der Waals surface area contributed by atoms with Crippen molar-refractivity contribution in [3.05, 3.63) is 52.9 Å². The predicted octanol–water partition coefficient (Wildman–Crippen LogP) is 3.76. The Kier molecular flexibility index (Phi) is 3.86. The number of aromatic nitrogens is 4. The first-order valence-electron chi connectivity index (χ1n) is 6.95. The number of halogens is 4. The lowest BCUT2D eigenvalue weighted by atomic mass is 10.1. The quantitative estimate of drug-likeness (QED) is 0.681. The van der Waals surface area contributed by atoms with Crippen molar-refractivity contribution in [2.45, 2.75) is 26.6 Å². The molecule has 0 aliphatic heterocycles. The summed E-state index contributed by atoms with van der Waals surface area (Å²) in [6, 6.07) is 5.84. The third kappa shape index (κ3) is 3.15. The Morgan fingerprint density at radius 3 is 2.46 bits per heavy atom. The summed E-state index contributed by atoms with van der Waals surface area (Å²) in [4.78, 5) is 3.24. The van der Waals surface area contributed by atoms with E-state index in [4.69, 9.17) is 0 Å². The number of hydrogen-bond donors (Lipinski definition) is 0. The molecule has 9 heteroatoms. The van der Waals surface area contributed by atoms with Crippen molar-refractivity contribution >= 4 is 0 Å². The van der Waals surface area contributed by atoms with Gasteiger partial charge in [0.2, 0.25) is 5.82 Å². The normalized spacial score (nSPS) is 11.9. The molecular weight excluding hydrogens is 328 g/mol. The zero-order chi connectivity index (χ0) is 17.5. The van der Waals surface area contributed by atoms with Gasteiger partial charge in [-0.05, 0) is 26.0 Å². The summed E-state index contributed by atoms with van der Waals surface area (Å²) in [6.07, 6.45) is -4.74. The highest BCUT2D eigenvalue weighted by atomic mass is 19.4. The molecule has 24 heavy (non-hydrogen) atoms. The fourth-order valence-electron chi connectivity index (χ4n) is 2.27. The number of aryl methyl sites for hydroxylation is 2. The Morgan fingerprint density at radius 1 is 1.17 bits per heavy atom. The molecule has 0 unspecified atom stereocenters. The maximum Gasteiger partial charge on any atom is 0.471 e. The number of nitrogens with zero attached hydrogens (tertiary/aromatic N) is 4. The van der Waals surface area contributed by atoms with Crippen molar-refractivity contribution in [1.82, 2.24) is 19.9 Å². The zero-order valence-corrected chi connectivity index (χ0v) is 12.7. The van der Waals surface area contributed by atoms with Gasteiger partial charge in [0.15, 0.2) is 0 Å². The van der Waals surface area contributed by atoms with Gasteiger partial charge in [-0.15, -0.1) is 0 Å². The zero-order valence-electron chi connectivity index (χ0n) is 12.7. The van der Waals surface area contributed by atoms with Crippen LogP contribution < -0.4 is 0 Å². The first-order chi connectivity index (χ1) is 11.2. The summed E-state index contributed by atoms with van der Waals surface area (Å²) in [5.74, 6) is -2.37. The van der Waals surface area contributed by atoms with E-state index < -0.39 is 17.9 Å². The Hall–Kier alpha value is -2.71. The van der Waals surface area contributed by atoms with Crippen LogP contribution in [0.1, 0.15) is 22.8 Å². The summed E-state index contributed by atoms with van der Waals surface area (Å²) >= 11 is 0. The lowest BCUT2D eigenvalue weighted by Crippen LogP contribution is -2.06. The van der Waals surface area contributed by atoms with Crippen LogP contribution in [-0.4, -0.2) is 19.9 Å². The average Bonchev–Trinajstić information content (AvgIpc) is 3.08. The standard InChI is InChI=1S/C15H12F4N4O/c1-8-5-9(2)23(21-8)7-11-4-3-10(6-12(11)16)13-20-14(24-22-13)15(17,18)19/h3-6H,7H2,1-2H3. The molecule has 0 fully saturated rings. The maximum absolute atomic E-state index is 14.3. The molecule has 0 radical (unpaired) electrons. The van der Waals surface area contributed by atoms with E-state index in [2.05, 4.69) is 19.8 Å². The fraction of sp³-hybridized carbons (Fsp3) is 0.267. The van der Waals surface area contributed by atoms with Crippen molar-refractivity contribution in [2.24, 2.45) is 0 Å². The minimum atomic E-state index is -4.74. The molecule has 3 aromatic rings. The highest BCUT2D eigenvalue weighted by Crippen LogP contribution is 2.29.